The first-order valence-corrected chi connectivity index (χ1v) is 5.34. The molecule has 2 aromatic rings. The third-order valence-corrected chi connectivity index (χ3v) is 2.69. The Hall–Kier alpha value is -1.77. The number of aromatic nitrogens is 1. The molecule has 0 radical (unpaired) electrons. The molecule has 2 rings (SSSR count). The van der Waals surface area contributed by atoms with Gasteiger partial charge in [0.05, 0.1) is 7.11 Å². The number of carbonyl (C=O) groups excluding carboxylic acids is 1. The average Bonchev–Trinajstić information content (AvgIpc) is 2.63. The standard InChI is InChI=1S/C13H15NO2/c1-9-6-11-8-13(16-2)10(4-3-5-15)7-12(11)14-9/h5-8,14H,3-4H2,1-2H3. The Morgan fingerprint density at radius 3 is 2.88 bits per heavy atom. The monoisotopic (exact) mass is 217 g/mol. The van der Waals surface area contributed by atoms with Gasteiger partial charge in [0.25, 0.3) is 0 Å². The Kier molecular flexibility index (Phi) is 2.95. The summed E-state index contributed by atoms with van der Waals surface area (Å²) < 4.78 is 5.33. The van der Waals surface area contributed by atoms with Crippen molar-refractivity contribution in [3.63, 3.8) is 0 Å². The smallest absolute Gasteiger partial charge is 0.122 e. The molecule has 84 valence electrons. The number of methoxy groups -OCH3 is 1. The predicted molar refractivity (Wildman–Crippen MR) is 64.0 cm³/mol. The van der Waals surface area contributed by atoms with Crippen LogP contribution < -0.4 is 4.74 Å². The largest absolute Gasteiger partial charge is 0.496 e. The van der Waals surface area contributed by atoms with Crippen molar-refractivity contribution >= 4 is 17.2 Å². The van der Waals surface area contributed by atoms with Crippen LogP contribution in [0.3, 0.4) is 0 Å². The van der Waals surface area contributed by atoms with E-state index in [1.165, 1.54) is 0 Å². The first-order valence-electron chi connectivity index (χ1n) is 5.34. The van der Waals surface area contributed by atoms with Gasteiger partial charge in [0.2, 0.25) is 0 Å². The number of fused-ring (bicyclic) bond motifs is 1. The Bertz CT molecular complexity index is 514. The van der Waals surface area contributed by atoms with Gasteiger partial charge in [-0.15, -0.1) is 0 Å². The average molecular weight is 217 g/mol. The van der Waals surface area contributed by atoms with E-state index in [0.29, 0.717) is 6.42 Å². The van der Waals surface area contributed by atoms with Crippen molar-refractivity contribution in [2.24, 2.45) is 0 Å². The molecule has 0 amide bonds. The molecule has 3 heteroatoms. The highest BCUT2D eigenvalue weighted by molar-refractivity contribution is 5.83. The Morgan fingerprint density at radius 1 is 1.38 bits per heavy atom. The summed E-state index contributed by atoms with van der Waals surface area (Å²) in [7, 11) is 1.66. The van der Waals surface area contributed by atoms with Crippen LogP contribution >= 0.6 is 0 Å². The van der Waals surface area contributed by atoms with E-state index in [1.54, 1.807) is 7.11 Å². The summed E-state index contributed by atoms with van der Waals surface area (Å²) >= 11 is 0. The number of rotatable bonds is 4. The number of aromatic amines is 1. The van der Waals surface area contributed by atoms with E-state index in [2.05, 4.69) is 17.1 Å². The molecule has 0 aliphatic carbocycles. The minimum Gasteiger partial charge on any atom is -0.496 e. The lowest BCUT2D eigenvalue weighted by Gasteiger charge is -2.07. The van der Waals surface area contributed by atoms with Crippen molar-refractivity contribution in [3.8, 4) is 5.75 Å². The summed E-state index contributed by atoms with van der Waals surface area (Å²) in [6.07, 6.45) is 2.19. The molecule has 1 aromatic carbocycles. The highest BCUT2D eigenvalue weighted by Crippen LogP contribution is 2.27. The van der Waals surface area contributed by atoms with Crippen LogP contribution in [-0.4, -0.2) is 18.4 Å². The van der Waals surface area contributed by atoms with Crippen LogP contribution in [0.4, 0.5) is 0 Å². The molecule has 0 saturated heterocycles. The van der Waals surface area contributed by atoms with E-state index in [-0.39, 0.29) is 0 Å². The first kappa shape index (κ1) is 10.7. The van der Waals surface area contributed by atoms with Crippen LogP contribution in [0.2, 0.25) is 0 Å². The maximum Gasteiger partial charge on any atom is 0.122 e. The van der Waals surface area contributed by atoms with E-state index < -0.39 is 0 Å². The van der Waals surface area contributed by atoms with E-state index >= 15 is 0 Å². The molecular formula is C13H15NO2. The summed E-state index contributed by atoms with van der Waals surface area (Å²) in [6.45, 7) is 2.03. The van der Waals surface area contributed by atoms with Gasteiger partial charge in [-0.05, 0) is 37.1 Å². The van der Waals surface area contributed by atoms with Crippen molar-refractivity contribution in [1.29, 1.82) is 0 Å². The van der Waals surface area contributed by atoms with Gasteiger partial charge in [0.15, 0.2) is 0 Å². The number of aldehydes is 1. The third kappa shape index (κ3) is 1.94. The van der Waals surface area contributed by atoms with Crippen LogP contribution in [0.1, 0.15) is 17.7 Å². The fourth-order valence-corrected chi connectivity index (χ4v) is 1.95. The normalized spacial score (nSPS) is 10.6. The predicted octanol–water partition coefficient (Wildman–Crippen LogP) is 2.62. The summed E-state index contributed by atoms with van der Waals surface area (Å²) in [4.78, 5) is 13.7. The van der Waals surface area contributed by atoms with Crippen molar-refractivity contribution < 1.29 is 9.53 Å². The fraction of sp³-hybridized carbons (Fsp3) is 0.308. The molecule has 16 heavy (non-hydrogen) atoms. The molecular weight excluding hydrogens is 202 g/mol. The van der Waals surface area contributed by atoms with E-state index in [4.69, 9.17) is 4.74 Å². The van der Waals surface area contributed by atoms with Gasteiger partial charge in [-0.2, -0.15) is 0 Å². The Morgan fingerprint density at radius 2 is 2.19 bits per heavy atom. The highest BCUT2D eigenvalue weighted by atomic mass is 16.5. The molecule has 0 saturated carbocycles. The lowest BCUT2D eigenvalue weighted by Crippen LogP contribution is -1.93. The van der Waals surface area contributed by atoms with Crippen molar-refractivity contribution in [2.75, 3.05) is 7.11 Å². The molecule has 0 spiro atoms. The van der Waals surface area contributed by atoms with Gasteiger partial charge in [-0.1, -0.05) is 0 Å². The molecule has 0 aliphatic rings. The molecule has 3 nitrogen and oxygen atoms in total. The second kappa shape index (κ2) is 4.39. The number of hydrogen-bond acceptors (Lipinski definition) is 2. The number of ether oxygens (including phenoxy) is 1. The van der Waals surface area contributed by atoms with Gasteiger partial charge in [0.1, 0.15) is 12.0 Å². The summed E-state index contributed by atoms with van der Waals surface area (Å²) in [5.74, 6) is 0.855. The number of nitrogens with one attached hydrogen (secondary N) is 1. The number of hydrogen-bond donors (Lipinski definition) is 1. The van der Waals surface area contributed by atoms with Gasteiger partial charge in [-0.3, -0.25) is 0 Å². The molecule has 0 fully saturated rings. The number of carbonyl (C=O) groups is 1. The zero-order chi connectivity index (χ0) is 11.5. The van der Waals surface area contributed by atoms with Crippen LogP contribution in [0, 0.1) is 6.92 Å². The van der Waals surface area contributed by atoms with Gasteiger partial charge in [-0.25, -0.2) is 0 Å². The van der Waals surface area contributed by atoms with E-state index in [9.17, 15) is 4.79 Å². The quantitative estimate of drug-likeness (QED) is 0.800. The molecule has 0 atom stereocenters. The zero-order valence-corrected chi connectivity index (χ0v) is 9.54. The molecule has 0 unspecified atom stereocenters. The van der Waals surface area contributed by atoms with Crippen molar-refractivity contribution in [2.45, 2.75) is 19.8 Å². The highest BCUT2D eigenvalue weighted by Gasteiger charge is 2.06. The number of benzene rings is 1. The second-order valence-electron chi connectivity index (χ2n) is 3.91. The minimum absolute atomic E-state index is 0.529. The van der Waals surface area contributed by atoms with Crippen molar-refractivity contribution in [1.82, 2.24) is 4.98 Å². The van der Waals surface area contributed by atoms with Crippen LogP contribution in [0.15, 0.2) is 18.2 Å². The lowest BCUT2D eigenvalue weighted by atomic mass is 10.1. The summed E-state index contributed by atoms with van der Waals surface area (Å²) in [5.41, 5.74) is 3.30. The van der Waals surface area contributed by atoms with E-state index in [0.717, 1.165) is 40.6 Å². The molecule has 0 bridgehead atoms. The molecule has 1 heterocycles. The van der Waals surface area contributed by atoms with E-state index in [1.807, 2.05) is 13.0 Å². The first-order chi connectivity index (χ1) is 7.74. The lowest BCUT2D eigenvalue weighted by molar-refractivity contribution is -0.107. The summed E-state index contributed by atoms with van der Waals surface area (Å²) in [6, 6.07) is 6.16. The fourth-order valence-electron chi connectivity index (χ4n) is 1.95. The second-order valence-corrected chi connectivity index (χ2v) is 3.91. The zero-order valence-electron chi connectivity index (χ0n) is 9.54. The maximum atomic E-state index is 10.4. The van der Waals surface area contributed by atoms with Crippen LogP contribution in [0.25, 0.3) is 10.9 Å². The number of aryl methyl sites for hydroxylation is 2. The third-order valence-electron chi connectivity index (χ3n) is 2.69. The SMILES string of the molecule is COc1cc2cc(C)[nH]c2cc1CCC=O. The summed E-state index contributed by atoms with van der Waals surface area (Å²) in [5, 5.41) is 1.14. The maximum absolute atomic E-state index is 10.4. The Labute approximate surface area is 94.4 Å². The van der Waals surface area contributed by atoms with Gasteiger partial charge < -0.3 is 14.5 Å². The molecule has 1 aromatic heterocycles. The van der Waals surface area contributed by atoms with Gasteiger partial charge >= 0.3 is 0 Å². The topological polar surface area (TPSA) is 42.1 Å². The van der Waals surface area contributed by atoms with Crippen LogP contribution in [-0.2, 0) is 11.2 Å². The Balaban J connectivity index is 2.48. The van der Waals surface area contributed by atoms with Crippen LogP contribution in [0.5, 0.6) is 5.75 Å². The van der Waals surface area contributed by atoms with Crippen molar-refractivity contribution in [3.05, 3.63) is 29.5 Å². The number of H-pyrrole nitrogens is 1. The molecule has 1 N–H and O–H groups in total. The molecule has 0 aliphatic heterocycles. The minimum atomic E-state index is 0.529. The van der Waals surface area contributed by atoms with Gasteiger partial charge in [0, 0.05) is 23.0 Å².